The van der Waals surface area contributed by atoms with E-state index in [9.17, 15) is 4.79 Å². The predicted octanol–water partition coefficient (Wildman–Crippen LogP) is 3.71. The third kappa shape index (κ3) is 4.10. The van der Waals surface area contributed by atoms with Gasteiger partial charge in [0.1, 0.15) is 11.8 Å². The molecule has 146 valence electrons. The number of hydrogen-bond donors (Lipinski definition) is 0. The number of carbonyl (C=O) groups excluding carboxylic acids is 1. The van der Waals surface area contributed by atoms with E-state index in [0.29, 0.717) is 13.1 Å². The number of hydrogen-bond acceptors (Lipinski definition) is 4. The van der Waals surface area contributed by atoms with Gasteiger partial charge < -0.3 is 9.64 Å². The molecular weight excluding hydrogens is 368 g/mol. The molecule has 1 amide bonds. The number of amides is 1. The van der Waals surface area contributed by atoms with Crippen molar-refractivity contribution in [3.8, 4) is 5.75 Å². The van der Waals surface area contributed by atoms with E-state index in [1.165, 1.54) is 5.57 Å². The van der Waals surface area contributed by atoms with Gasteiger partial charge in [0.05, 0.1) is 7.11 Å². The fourth-order valence-corrected chi connectivity index (χ4v) is 4.82. The van der Waals surface area contributed by atoms with Crippen LogP contribution in [-0.4, -0.2) is 60.5 Å². The Balaban J connectivity index is 1.51. The van der Waals surface area contributed by atoms with Crippen LogP contribution in [-0.2, 0) is 4.79 Å². The Morgan fingerprint density at radius 3 is 2.43 bits per heavy atom. The van der Waals surface area contributed by atoms with E-state index in [1.54, 1.807) is 7.11 Å². The molecule has 2 aromatic carbocycles. The molecule has 0 aliphatic carbocycles. The molecular formula is C23H26N2O2S. The molecule has 0 spiro atoms. The molecule has 0 aromatic heterocycles. The van der Waals surface area contributed by atoms with Crippen LogP contribution in [0.5, 0.6) is 5.75 Å². The molecule has 4 rings (SSSR count). The maximum absolute atomic E-state index is 13.5. The largest absolute Gasteiger partial charge is 0.497 e. The van der Waals surface area contributed by atoms with Crippen molar-refractivity contribution in [1.82, 2.24) is 9.80 Å². The van der Waals surface area contributed by atoms with Gasteiger partial charge in [0.15, 0.2) is 0 Å². The smallest absolute Gasteiger partial charge is 0.245 e. The second-order valence-electron chi connectivity index (χ2n) is 7.14. The molecule has 1 unspecified atom stereocenters. The van der Waals surface area contributed by atoms with Gasteiger partial charge in [-0.1, -0.05) is 48.5 Å². The summed E-state index contributed by atoms with van der Waals surface area (Å²) in [6.45, 7) is 3.26. The molecule has 2 aromatic rings. The second kappa shape index (κ2) is 8.84. The lowest BCUT2D eigenvalue weighted by Crippen LogP contribution is -2.45. The molecule has 0 N–H and O–H groups in total. The van der Waals surface area contributed by atoms with E-state index in [-0.39, 0.29) is 11.9 Å². The molecule has 2 aliphatic rings. The summed E-state index contributed by atoms with van der Waals surface area (Å²) in [5.41, 5.74) is 3.45. The van der Waals surface area contributed by atoms with E-state index in [2.05, 4.69) is 35.2 Å². The molecule has 4 nitrogen and oxygen atoms in total. The van der Waals surface area contributed by atoms with Gasteiger partial charge in [0, 0.05) is 37.7 Å². The number of nitrogens with zero attached hydrogens (tertiary/aromatic N) is 2. The molecule has 1 atom stereocenters. The minimum absolute atomic E-state index is 0.189. The van der Waals surface area contributed by atoms with Crippen LogP contribution in [0.15, 0.2) is 60.7 Å². The van der Waals surface area contributed by atoms with Gasteiger partial charge in [-0.05, 0) is 28.8 Å². The fourth-order valence-electron chi connectivity index (χ4n) is 3.89. The summed E-state index contributed by atoms with van der Waals surface area (Å²) in [6, 6.07) is 18.1. The van der Waals surface area contributed by atoms with Gasteiger partial charge in [-0.2, -0.15) is 11.8 Å². The molecule has 2 aliphatic heterocycles. The first-order chi connectivity index (χ1) is 13.8. The number of benzene rings is 2. The van der Waals surface area contributed by atoms with Crippen LogP contribution in [0.2, 0.25) is 0 Å². The number of methoxy groups -OCH3 is 1. The number of carbonyl (C=O) groups is 1. The van der Waals surface area contributed by atoms with E-state index in [1.807, 2.05) is 47.0 Å². The zero-order valence-electron chi connectivity index (χ0n) is 16.2. The van der Waals surface area contributed by atoms with Crippen molar-refractivity contribution < 1.29 is 9.53 Å². The van der Waals surface area contributed by atoms with Crippen molar-refractivity contribution in [2.24, 2.45) is 0 Å². The van der Waals surface area contributed by atoms with E-state index in [4.69, 9.17) is 4.74 Å². The molecule has 2 heterocycles. The predicted molar refractivity (Wildman–Crippen MR) is 116 cm³/mol. The van der Waals surface area contributed by atoms with Crippen LogP contribution in [0.25, 0.3) is 5.57 Å². The lowest BCUT2D eigenvalue weighted by Gasteiger charge is -2.35. The maximum Gasteiger partial charge on any atom is 0.245 e. The Labute approximate surface area is 171 Å². The quantitative estimate of drug-likeness (QED) is 0.774. The zero-order chi connectivity index (χ0) is 19.3. The Morgan fingerprint density at radius 1 is 1.04 bits per heavy atom. The van der Waals surface area contributed by atoms with E-state index >= 15 is 0 Å². The van der Waals surface area contributed by atoms with Crippen molar-refractivity contribution in [3.63, 3.8) is 0 Å². The average molecular weight is 395 g/mol. The van der Waals surface area contributed by atoms with E-state index < -0.39 is 0 Å². The van der Waals surface area contributed by atoms with Crippen molar-refractivity contribution in [2.75, 3.05) is 44.8 Å². The second-order valence-corrected chi connectivity index (χ2v) is 8.36. The van der Waals surface area contributed by atoms with Gasteiger partial charge >= 0.3 is 0 Å². The first kappa shape index (κ1) is 19.1. The maximum atomic E-state index is 13.5. The highest BCUT2D eigenvalue weighted by atomic mass is 32.2. The summed E-state index contributed by atoms with van der Waals surface area (Å²) in [4.78, 5) is 17.9. The van der Waals surface area contributed by atoms with Gasteiger partial charge in [0.25, 0.3) is 0 Å². The lowest BCUT2D eigenvalue weighted by atomic mass is 10.0. The van der Waals surface area contributed by atoms with Crippen molar-refractivity contribution in [1.29, 1.82) is 0 Å². The van der Waals surface area contributed by atoms with Crippen molar-refractivity contribution >= 4 is 23.2 Å². The molecule has 1 fully saturated rings. The normalized spacial score (nSPS) is 18.6. The van der Waals surface area contributed by atoms with Crippen LogP contribution in [0.4, 0.5) is 0 Å². The van der Waals surface area contributed by atoms with Crippen molar-refractivity contribution in [2.45, 2.75) is 6.04 Å². The van der Waals surface area contributed by atoms with Crippen LogP contribution in [0, 0.1) is 0 Å². The summed E-state index contributed by atoms with van der Waals surface area (Å²) in [6.07, 6.45) is 2.17. The standard InChI is InChI=1S/C23H26N2O2S/c1-27-21-9-7-18(8-10-21)20-11-12-25(17-20)23(26)22(19-5-3-2-4-6-19)24-13-15-28-16-14-24/h2-11,22H,12-17H2,1H3. The van der Waals surface area contributed by atoms with Gasteiger partial charge in [-0.15, -0.1) is 0 Å². The summed E-state index contributed by atoms with van der Waals surface area (Å²) >= 11 is 1.97. The highest BCUT2D eigenvalue weighted by molar-refractivity contribution is 7.99. The topological polar surface area (TPSA) is 32.8 Å². The number of thioether (sulfide) groups is 1. The first-order valence-electron chi connectivity index (χ1n) is 9.75. The third-order valence-electron chi connectivity index (χ3n) is 5.45. The van der Waals surface area contributed by atoms with E-state index in [0.717, 1.165) is 41.5 Å². The molecule has 0 bridgehead atoms. The Morgan fingerprint density at radius 2 is 1.75 bits per heavy atom. The SMILES string of the molecule is COc1ccc(C2=CCN(C(=O)C(c3ccccc3)N3CCSCC3)C2)cc1. The average Bonchev–Trinajstić information content (AvgIpc) is 3.26. The first-order valence-corrected chi connectivity index (χ1v) is 10.9. The molecule has 28 heavy (non-hydrogen) atoms. The molecule has 0 saturated carbocycles. The monoisotopic (exact) mass is 394 g/mol. The summed E-state index contributed by atoms with van der Waals surface area (Å²) in [5.74, 6) is 3.23. The van der Waals surface area contributed by atoms with Crippen LogP contribution in [0.1, 0.15) is 17.2 Å². The molecule has 5 heteroatoms. The summed E-state index contributed by atoms with van der Waals surface area (Å²) in [7, 11) is 1.67. The van der Waals surface area contributed by atoms with Gasteiger partial charge in [-0.3, -0.25) is 9.69 Å². The molecule has 1 saturated heterocycles. The Hall–Kier alpha value is -2.24. The minimum atomic E-state index is -0.189. The van der Waals surface area contributed by atoms with Gasteiger partial charge in [-0.25, -0.2) is 0 Å². The highest BCUT2D eigenvalue weighted by Gasteiger charge is 2.33. The minimum Gasteiger partial charge on any atom is -0.497 e. The highest BCUT2D eigenvalue weighted by Crippen LogP contribution is 2.30. The Bertz CT molecular complexity index is 829. The summed E-state index contributed by atoms with van der Waals surface area (Å²) in [5, 5.41) is 0. The fraction of sp³-hybridized carbons (Fsp3) is 0.348. The molecule has 0 radical (unpaired) electrons. The number of rotatable bonds is 5. The Kier molecular flexibility index (Phi) is 6.03. The van der Waals surface area contributed by atoms with Crippen molar-refractivity contribution in [3.05, 3.63) is 71.8 Å². The summed E-state index contributed by atoms with van der Waals surface area (Å²) < 4.78 is 5.25. The third-order valence-corrected chi connectivity index (χ3v) is 6.39. The van der Waals surface area contributed by atoms with Crippen LogP contribution < -0.4 is 4.74 Å². The van der Waals surface area contributed by atoms with Gasteiger partial charge in [0.2, 0.25) is 5.91 Å². The van der Waals surface area contributed by atoms with Crippen LogP contribution >= 0.6 is 11.8 Å². The lowest BCUT2D eigenvalue weighted by molar-refractivity contribution is -0.135. The zero-order valence-corrected chi connectivity index (χ0v) is 17.0. The van der Waals surface area contributed by atoms with Crippen LogP contribution in [0.3, 0.4) is 0 Å². The number of ether oxygens (including phenoxy) is 1.